The number of hydrogen-bond donors (Lipinski definition) is 0. The van der Waals surface area contributed by atoms with Crippen molar-refractivity contribution >= 4 is 0 Å². The van der Waals surface area contributed by atoms with Crippen LogP contribution in [-0.2, 0) is 26.4 Å². The molecule has 0 amide bonds. The first-order valence-electron chi connectivity index (χ1n) is 10.7. The lowest BCUT2D eigenvalue weighted by Gasteiger charge is -2.06. The average molecular weight is 438 g/mol. The van der Waals surface area contributed by atoms with Gasteiger partial charge in [-0.25, -0.2) is 9.67 Å². The molecule has 0 saturated carbocycles. The van der Waals surface area contributed by atoms with Crippen LogP contribution < -0.4 is 5.43 Å². The summed E-state index contributed by atoms with van der Waals surface area (Å²) in [7, 11) is 1.84. The SMILES string of the molecule is Cn1cc(-n2ccc(=O)c(Cc3cccc(-c4ncn(CCc5ccccc5)n4)c3)n2)cn1. The Morgan fingerprint density at radius 1 is 0.939 bits per heavy atom. The molecule has 0 spiro atoms. The molecule has 8 nitrogen and oxygen atoms in total. The van der Waals surface area contributed by atoms with Crippen molar-refractivity contribution < 1.29 is 0 Å². The summed E-state index contributed by atoms with van der Waals surface area (Å²) in [6, 6.07) is 19.8. The third-order valence-electron chi connectivity index (χ3n) is 5.40. The smallest absolute Gasteiger partial charge is 0.203 e. The Morgan fingerprint density at radius 3 is 2.61 bits per heavy atom. The maximum atomic E-state index is 12.4. The number of aromatic nitrogens is 7. The van der Waals surface area contributed by atoms with Gasteiger partial charge < -0.3 is 0 Å². The third kappa shape index (κ3) is 4.79. The van der Waals surface area contributed by atoms with Gasteiger partial charge in [0, 0.05) is 37.8 Å². The van der Waals surface area contributed by atoms with E-state index in [9.17, 15) is 4.79 Å². The minimum atomic E-state index is -0.0936. The Balaban J connectivity index is 1.33. The molecule has 8 heteroatoms. The molecule has 5 aromatic rings. The van der Waals surface area contributed by atoms with E-state index in [2.05, 4.69) is 32.4 Å². The van der Waals surface area contributed by atoms with Crippen LogP contribution in [0.15, 0.2) is 90.4 Å². The Labute approximate surface area is 190 Å². The number of hydrogen-bond acceptors (Lipinski definition) is 5. The number of rotatable bonds is 7. The van der Waals surface area contributed by atoms with Crippen molar-refractivity contribution in [2.75, 3.05) is 0 Å². The second kappa shape index (κ2) is 9.04. The molecule has 0 unspecified atom stereocenters. The summed E-state index contributed by atoms with van der Waals surface area (Å²) in [6.07, 6.45) is 8.29. The molecule has 3 heterocycles. The van der Waals surface area contributed by atoms with Gasteiger partial charge in [0.2, 0.25) is 5.43 Å². The molecule has 0 radical (unpaired) electrons. The zero-order chi connectivity index (χ0) is 22.6. The Hall–Kier alpha value is -4.33. The number of aryl methyl sites for hydroxylation is 3. The first kappa shape index (κ1) is 20.6. The van der Waals surface area contributed by atoms with Crippen LogP contribution in [0, 0.1) is 0 Å². The summed E-state index contributed by atoms with van der Waals surface area (Å²) in [6.45, 7) is 0.762. The zero-order valence-electron chi connectivity index (χ0n) is 18.2. The lowest BCUT2D eigenvalue weighted by molar-refractivity contribution is 0.614. The van der Waals surface area contributed by atoms with Gasteiger partial charge in [-0.15, -0.1) is 0 Å². The van der Waals surface area contributed by atoms with E-state index in [1.807, 2.05) is 60.4 Å². The maximum absolute atomic E-state index is 12.4. The van der Waals surface area contributed by atoms with Crippen molar-refractivity contribution in [2.45, 2.75) is 19.4 Å². The highest BCUT2D eigenvalue weighted by Gasteiger charge is 2.10. The van der Waals surface area contributed by atoms with E-state index < -0.39 is 0 Å². The molecule has 0 atom stereocenters. The van der Waals surface area contributed by atoms with Crippen LogP contribution in [0.5, 0.6) is 0 Å². The van der Waals surface area contributed by atoms with Gasteiger partial charge in [-0.3, -0.25) is 14.2 Å². The zero-order valence-corrected chi connectivity index (χ0v) is 18.2. The van der Waals surface area contributed by atoms with E-state index in [1.54, 1.807) is 28.1 Å². The van der Waals surface area contributed by atoms with E-state index >= 15 is 0 Å². The Morgan fingerprint density at radius 2 is 1.79 bits per heavy atom. The fourth-order valence-corrected chi connectivity index (χ4v) is 3.68. The van der Waals surface area contributed by atoms with Crippen LogP contribution in [0.25, 0.3) is 17.1 Å². The monoisotopic (exact) mass is 437 g/mol. The third-order valence-corrected chi connectivity index (χ3v) is 5.40. The molecule has 0 N–H and O–H groups in total. The van der Waals surface area contributed by atoms with Crippen LogP contribution >= 0.6 is 0 Å². The van der Waals surface area contributed by atoms with Crippen LogP contribution in [0.1, 0.15) is 16.8 Å². The molecule has 33 heavy (non-hydrogen) atoms. The molecule has 0 bridgehead atoms. The Kier molecular flexibility index (Phi) is 5.63. The van der Waals surface area contributed by atoms with E-state index in [4.69, 9.17) is 0 Å². The predicted octanol–water partition coefficient (Wildman–Crippen LogP) is 3.06. The van der Waals surface area contributed by atoms with Crippen molar-refractivity contribution in [3.63, 3.8) is 0 Å². The average Bonchev–Trinajstić information content (AvgIpc) is 3.49. The summed E-state index contributed by atoms with van der Waals surface area (Å²) in [5.74, 6) is 0.665. The van der Waals surface area contributed by atoms with Gasteiger partial charge in [0.15, 0.2) is 5.82 Å². The van der Waals surface area contributed by atoms with Crippen molar-refractivity contribution in [3.8, 4) is 17.1 Å². The second-order valence-corrected chi connectivity index (χ2v) is 7.89. The van der Waals surface area contributed by atoms with Crippen molar-refractivity contribution in [1.82, 2.24) is 34.3 Å². The molecule has 3 aromatic heterocycles. The first-order valence-corrected chi connectivity index (χ1v) is 10.7. The molecule has 5 rings (SSSR count). The topological polar surface area (TPSA) is 83.4 Å². The summed E-state index contributed by atoms with van der Waals surface area (Å²) < 4.78 is 5.23. The highest BCUT2D eigenvalue weighted by atomic mass is 16.1. The van der Waals surface area contributed by atoms with Crippen LogP contribution in [-0.4, -0.2) is 34.3 Å². The minimum absolute atomic E-state index is 0.0936. The van der Waals surface area contributed by atoms with Gasteiger partial charge in [-0.2, -0.15) is 15.3 Å². The molecular weight excluding hydrogens is 414 g/mol. The molecule has 0 fully saturated rings. The summed E-state index contributed by atoms with van der Waals surface area (Å²) in [5.41, 5.74) is 4.33. The van der Waals surface area contributed by atoms with Crippen LogP contribution in [0.4, 0.5) is 0 Å². The van der Waals surface area contributed by atoms with Gasteiger partial charge in [-0.1, -0.05) is 48.5 Å². The molecule has 0 aliphatic rings. The summed E-state index contributed by atoms with van der Waals surface area (Å²) >= 11 is 0. The minimum Gasteiger partial charge on any atom is -0.288 e. The lowest BCUT2D eigenvalue weighted by Crippen LogP contribution is -2.16. The summed E-state index contributed by atoms with van der Waals surface area (Å²) in [4.78, 5) is 16.9. The highest BCUT2D eigenvalue weighted by Crippen LogP contribution is 2.18. The van der Waals surface area contributed by atoms with Gasteiger partial charge >= 0.3 is 0 Å². The van der Waals surface area contributed by atoms with Crippen molar-refractivity contribution in [2.24, 2.45) is 7.05 Å². The Bertz CT molecular complexity index is 1430. The number of benzene rings is 2. The molecule has 0 aliphatic carbocycles. The quantitative estimate of drug-likeness (QED) is 0.391. The van der Waals surface area contributed by atoms with E-state index in [1.165, 1.54) is 11.6 Å². The maximum Gasteiger partial charge on any atom is 0.203 e. The molecule has 164 valence electrons. The van der Waals surface area contributed by atoms with E-state index in [0.29, 0.717) is 17.9 Å². The second-order valence-electron chi connectivity index (χ2n) is 7.89. The largest absolute Gasteiger partial charge is 0.288 e. The summed E-state index contributed by atoms with van der Waals surface area (Å²) in [5, 5.41) is 13.3. The molecular formula is C25H23N7O. The van der Waals surface area contributed by atoms with Gasteiger partial charge in [-0.05, 0) is 23.6 Å². The van der Waals surface area contributed by atoms with Crippen LogP contribution in [0.3, 0.4) is 0 Å². The highest BCUT2D eigenvalue weighted by molar-refractivity contribution is 5.55. The fourth-order valence-electron chi connectivity index (χ4n) is 3.68. The standard InChI is InChI=1S/C25H23N7O/c1-30-17-22(16-27-30)32-13-11-24(33)23(28-32)15-20-8-5-9-21(14-20)25-26-18-31(29-25)12-10-19-6-3-2-4-7-19/h2-9,11,13-14,16-18H,10,12,15H2,1H3. The molecule has 0 saturated heterocycles. The van der Waals surface area contributed by atoms with Gasteiger partial charge in [0.05, 0.1) is 12.4 Å². The van der Waals surface area contributed by atoms with Gasteiger partial charge in [0.25, 0.3) is 0 Å². The first-order chi connectivity index (χ1) is 16.1. The molecule has 2 aromatic carbocycles. The lowest BCUT2D eigenvalue weighted by atomic mass is 10.1. The fraction of sp³-hybridized carbons (Fsp3) is 0.160. The number of nitrogens with zero attached hydrogens (tertiary/aromatic N) is 7. The molecule has 0 aliphatic heterocycles. The van der Waals surface area contributed by atoms with Gasteiger partial charge in [0.1, 0.15) is 17.7 Å². The van der Waals surface area contributed by atoms with Crippen LogP contribution in [0.2, 0.25) is 0 Å². The van der Waals surface area contributed by atoms with Crippen molar-refractivity contribution in [1.29, 1.82) is 0 Å². The van der Waals surface area contributed by atoms with E-state index in [0.717, 1.165) is 29.8 Å². The van der Waals surface area contributed by atoms with E-state index in [-0.39, 0.29) is 5.43 Å². The normalized spacial score (nSPS) is 11.1. The van der Waals surface area contributed by atoms with Crippen molar-refractivity contribution in [3.05, 3.63) is 113 Å². The predicted molar refractivity (Wildman–Crippen MR) is 125 cm³/mol.